The zero-order valence-corrected chi connectivity index (χ0v) is 11.7. The predicted molar refractivity (Wildman–Crippen MR) is 71.3 cm³/mol. The highest BCUT2D eigenvalue weighted by molar-refractivity contribution is 7.09. The van der Waals surface area contributed by atoms with E-state index >= 15 is 0 Å². The number of thiazole rings is 1. The molecule has 2 heterocycles. The Labute approximate surface area is 108 Å². The van der Waals surface area contributed by atoms with Crippen LogP contribution in [0.15, 0.2) is 5.38 Å². The summed E-state index contributed by atoms with van der Waals surface area (Å²) in [5, 5.41) is 6.81. The van der Waals surface area contributed by atoms with Crippen molar-refractivity contribution in [3.63, 3.8) is 0 Å². The lowest BCUT2D eigenvalue weighted by Gasteiger charge is -2.18. The van der Waals surface area contributed by atoms with Crippen molar-refractivity contribution < 1.29 is 4.74 Å². The maximum atomic E-state index is 5.79. The van der Waals surface area contributed by atoms with E-state index in [1.165, 1.54) is 18.5 Å². The Morgan fingerprint density at radius 2 is 2.41 bits per heavy atom. The smallest absolute Gasteiger partial charge is 0.122 e. The number of aromatic nitrogens is 1. The quantitative estimate of drug-likeness (QED) is 0.875. The van der Waals surface area contributed by atoms with E-state index in [2.05, 4.69) is 24.5 Å². The highest BCUT2D eigenvalue weighted by Gasteiger charge is 2.23. The third-order valence-corrected chi connectivity index (χ3v) is 4.08. The first-order valence-corrected chi connectivity index (χ1v) is 7.40. The van der Waals surface area contributed by atoms with Gasteiger partial charge in [0.25, 0.3) is 0 Å². The topological polar surface area (TPSA) is 34.1 Å². The van der Waals surface area contributed by atoms with Crippen LogP contribution in [-0.2, 0) is 4.74 Å². The zero-order valence-electron chi connectivity index (χ0n) is 10.9. The van der Waals surface area contributed by atoms with E-state index in [1.807, 2.05) is 6.92 Å². The Bertz CT molecular complexity index is 345. The summed E-state index contributed by atoms with van der Waals surface area (Å²) in [6, 6.07) is 0.467. The Morgan fingerprint density at radius 3 is 3.00 bits per heavy atom. The first-order chi connectivity index (χ1) is 8.22. The molecule has 0 aromatic carbocycles. The normalized spacial score (nSPS) is 22.2. The number of hydrogen-bond acceptors (Lipinski definition) is 4. The van der Waals surface area contributed by atoms with Gasteiger partial charge in [-0.05, 0) is 32.2 Å². The molecule has 1 aromatic rings. The molecule has 1 N–H and O–H groups in total. The summed E-state index contributed by atoms with van der Waals surface area (Å²) in [6.07, 6.45) is 2.63. The summed E-state index contributed by atoms with van der Waals surface area (Å²) < 4.78 is 5.79. The summed E-state index contributed by atoms with van der Waals surface area (Å²) in [5.74, 6) is 0.477. The van der Waals surface area contributed by atoms with E-state index < -0.39 is 0 Å². The van der Waals surface area contributed by atoms with Crippen LogP contribution in [0.25, 0.3) is 0 Å². The van der Waals surface area contributed by atoms with Crippen LogP contribution in [0.1, 0.15) is 56.5 Å². The van der Waals surface area contributed by atoms with Gasteiger partial charge >= 0.3 is 0 Å². The van der Waals surface area contributed by atoms with E-state index in [4.69, 9.17) is 9.72 Å². The molecular formula is C13H22N2OS. The van der Waals surface area contributed by atoms with Crippen LogP contribution < -0.4 is 5.32 Å². The maximum absolute atomic E-state index is 5.79. The highest BCUT2D eigenvalue weighted by Crippen LogP contribution is 2.31. The molecule has 0 radical (unpaired) electrons. The molecular weight excluding hydrogens is 232 g/mol. The zero-order chi connectivity index (χ0) is 12.3. The molecule has 1 aliphatic rings. The maximum Gasteiger partial charge on any atom is 0.122 e. The van der Waals surface area contributed by atoms with Gasteiger partial charge < -0.3 is 10.1 Å². The first kappa shape index (κ1) is 13.0. The lowest BCUT2D eigenvalue weighted by Crippen LogP contribution is -2.14. The minimum absolute atomic E-state index is 0.153. The van der Waals surface area contributed by atoms with Gasteiger partial charge in [-0.2, -0.15) is 0 Å². The SMILES string of the molecule is CCOC(c1nc([C@@H]2CCCN2)cs1)C(C)C. The summed E-state index contributed by atoms with van der Waals surface area (Å²) >= 11 is 1.74. The molecule has 0 amide bonds. The molecule has 2 atom stereocenters. The van der Waals surface area contributed by atoms with Crippen LogP contribution >= 0.6 is 11.3 Å². The van der Waals surface area contributed by atoms with Crippen LogP contribution in [0.5, 0.6) is 0 Å². The molecule has 0 aliphatic carbocycles. The summed E-state index contributed by atoms with van der Waals surface area (Å²) in [7, 11) is 0. The largest absolute Gasteiger partial charge is 0.371 e. The first-order valence-electron chi connectivity index (χ1n) is 6.52. The predicted octanol–water partition coefficient (Wildman–Crippen LogP) is 3.30. The fraction of sp³-hybridized carbons (Fsp3) is 0.769. The van der Waals surface area contributed by atoms with Gasteiger partial charge in [0, 0.05) is 12.0 Å². The number of nitrogens with zero attached hydrogens (tertiary/aromatic N) is 1. The molecule has 1 fully saturated rings. The van der Waals surface area contributed by atoms with E-state index in [0.29, 0.717) is 12.0 Å². The Kier molecular flexibility index (Phi) is 4.54. The highest BCUT2D eigenvalue weighted by atomic mass is 32.1. The van der Waals surface area contributed by atoms with Crippen LogP contribution in [0.3, 0.4) is 0 Å². The van der Waals surface area contributed by atoms with Crippen LogP contribution in [0.4, 0.5) is 0 Å². The molecule has 17 heavy (non-hydrogen) atoms. The van der Waals surface area contributed by atoms with E-state index in [1.54, 1.807) is 11.3 Å². The molecule has 4 heteroatoms. The molecule has 1 aliphatic heterocycles. The molecule has 96 valence electrons. The van der Waals surface area contributed by atoms with Crippen molar-refractivity contribution >= 4 is 11.3 Å². The van der Waals surface area contributed by atoms with Gasteiger partial charge in [-0.1, -0.05) is 13.8 Å². The standard InChI is InChI=1S/C13H22N2OS/c1-4-16-12(9(2)3)13-15-11(8-17-13)10-6-5-7-14-10/h8-10,12,14H,4-7H2,1-3H3/t10-,12?/m0/s1. The molecule has 1 aromatic heterocycles. The van der Waals surface area contributed by atoms with Gasteiger partial charge in [0.15, 0.2) is 0 Å². The molecule has 0 bridgehead atoms. The van der Waals surface area contributed by atoms with Gasteiger partial charge in [0.1, 0.15) is 11.1 Å². The number of nitrogens with one attached hydrogen (secondary N) is 1. The van der Waals surface area contributed by atoms with Crippen LogP contribution in [0.2, 0.25) is 0 Å². The molecule has 0 spiro atoms. The third kappa shape index (κ3) is 3.06. The van der Waals surface area contributed by atoms with Crippen molar-refractivity contribution in [3.05, 3.63) is 16.1 Å². The number of ether oxygens (including phenoxy) is 1. The Balaban J connectivity index is 2.09. The second-order valence-corrected chi connectivity index (χ2v) is 5.77. The molecule has 1 saturated heterocycles. The van der Waals surface area contributed by atoms with Gasteiger partial charge in [-0.3, -0.25) is 0 Å². The lowest BCUT2D eigenvalue weighted by atomic mass is 10.1. The monoisotopic (exact) mass is 254 g/mol. The van der Waals surface area contributed by atoms with Crippen LogP contribution in [-0.4, -0.2) is 18.1 Å². The fourth-order valence-corrected chi connectivity index (χ4v) is 3.35. The lowest BCUT2D eigenvalue weighted by molar-refractivity contribution is 0.0291. The van der Waals surface area contributed by atoms with Crippen molar-refractivity contribution in [2.75, 3.05) is 13.2 Å². The fourth-order valence-electron chi connectivity index (χ4n) is 2.26. The number of rotatable bonds is 5. The van der Waals surface area contributed by atoms with Gasteiger partial charge in [0.2, 0.25) is 0 Å². The molecule has 2 rings (SSSR count). The van der Waals surface area contributed by atoms with Crippen molar-refractivity contribution in [2.45, 2.75) is 45.8 Å². The van der Waals surface area contributed by atoms with Crippen molar-refractivity contribution in [2.24, 2.45) is 5.92 Å². The molecule has 0 saturated carbocycles. The third-order valence-electron chi connectivity index (χ3n) is 3.15. The van der Waals surface area contributed by atoms with Crippen molar-refractivity contribution in [1.29, 1.82) is 0 Å². The van der Waals surface area contributed by atoms with Gasteiger partial charge in [-0.25, -0.2) is 4.98 Å². The Hall–Kier alpha value is -0.450. The van der Waals surface area contributed by atoms with E-state index in [9.17, 15) is 0 Å². The van der Waals surface area contributed by atoms with Gasteiger partial charge in [0.05, 0.1) is 11.7 Å². The minimum Gasteiger partial charge on any atom is -0.371 e. The molecule has 3 nitrogen and oxygen atoms in total. The van der Waals surface area contributed by atoms with Crippen LogP contribution in [0, 0.1) is 5.92 Å². The van der Waals surface area contributed by atoms with Gasteiger partial charge in [-0.15, -0.1) is 11.3 Å². The van der Waals surface area contributed by atoms with E-state index in [-0.39, 0.29) is 6.10 Å². The molecule has 1 unspecified atom stereocenters. The average molecular weight is 254 g/mol. The van der Waals surface area contributed by atoms with Crippen molar-refractivity contribution in [3.8, 4) is 0 Å². The van der Waals surface area contributed by atoms with E-state index in [0.717, 1.165) is 18.2 Å². The Morgan fingerprint density at radius 1 is 1.59 bits per heavy atom. The average Bonchev–Trinajstić information content (AvgIpc) is 2.95. The second kappa shape index (κ2) is 5.94. The van der Waals surface area contributed by atoms with Crippen molar-refractivity contribution in [1.82, 2.24) is 10.3 Å². The summed E-state index contributed by atoms with van der Waals surface area (Å²) in [4.78, 5) is 4.76. The number of hydrogen-bond donors (Lipinski definition) is 1. The minimum atomic E-state index is 0.153. The summed E-state index contributed by atoms with van der Waals surface area (Å²) in [6.45, 7) is 8.29. The summed E-state index contributed by atoms with van der Waals surface area (Å²) in [5.41, 5.74) is 1.20. The second-order valence-electron chi connectivity index (χ2n) is 4.88.